The summed E-state index contributed by atoms with van der Waals surface area (Å²) in [5.74, 6) is 1.28. The molecule has 4 rings (SSSR count). The Morgan fingerprint density at radius 1 is 1.24 bits per heavy atom. The van der Waals surface area contributed by atoms with Gasteiger partial charge in [0.1, 0.15) is 17.9 Å². The van der Waals surface area contributed by atoms with Crippen molar-refractivity contribution < 1.29 is 9.53 Å². The molecule has 0 radical (unpaired) electrons. The number of anilines is 1. The SMILES string of the molecule is COc1cccc(-n2cnc3c2NC(=O)CC3c2cccc(Cl)c2)c1. The van der Waals surface area contributed by atoms with E-state index in [9.17, 15) is 4.79 Å². The molecular formula is C19H16ClN3O2. The second-order valence-electron chi connectivity index (χ2n) is 5.91. The number of nitrogens with one attached hydrogen (secondary N) is 1. The van der Waals surface area contributed by atoms with E-state index >= 15 is 0 Å². The highest BCUT2D eigenvalue weighted by Crippen LogP contribution is 2.38. The summed E-state index contributed by atoms with van der Waals surface area (Å²) in [4.78, 5) is 16.9. The molecule has 1 unspecified atom stereocenters. The molecule has 0 fully saturated rings. The predicted octanol–water partition coefficient (Wildman–Crippen LogP) is 4.01. The fourth-order valence-corrected chi connectivity index (χ4v) is 3.36. The number of hydrogen-bond donors (Lipinski definition) is 1. The first-order valence-corrected chi connectivity index (χ1v) is 8.30. The van der Waals surface area contributed by atoms with Gasteiger partial charge in [-0.3, -0.25) is 9.36 Å². The Hall–Kier alpha value is -2.79. The van der Waals surface area contributed by atoms with Crippen molar-refractivity contribution in [3.8, 4) is 11.4 Å². The Bertz CT molecular complexity index is 951. The minimum atomic E-state index is -0.116. The van der Waals surface area contributed by atoms with Crippen LogP contribution in [0.15, 0.2) is 54.9 Å². The number of rotatable bonds is 3. The highest BCUT2D eigenvalue weighted by atomic mass is 35.5. The molecule has 6 heteroatoms. The smallest absolute Gasteiger partial charge is 0.226 e. The number of carbonyl (C=O) groups is 1. The number of methoxy groups -OCH3 is 1. The van der Waals surface area contributed by atoms with Crippen molar-refractivity contribution in [3.05, 3.63) is 71.1 Å². The Morgan fingerprint density at radius 3 is 2.88 bits per heavy atom. The second-order valence-corrected chi connectivity index (χ2v) is 6.35. The summed E-state index contributed by atoms with van der Waals surface area (Å²) in [6, 6.07) is 15.2. The van der Waals surface area contributed by atoms with Crippen molar-refractivity contribution in [1.82, 2.24) is 9.55 Å². The standard InChI is InChI=1S/C19H16ClN3O2/c1-25-15-7-3-6-14(9-15)23-11-21-18-16(10-17(24)22-19(18)23)12-4-2-5-13(20)8-12/h2-9,11,16H,10H2,1H3,(H,22,24). The molecule has 0 aliphatic carbocycles. The zero-order chi connectivity index (χ0) is 17.4. The van der Waals surface area contributed by atoms with Crippen LogP contribution in [0, 0.1) is 0 Å². The molecule has 1 N–H and O–H groups in total. The third kappa shape index (κ3) is 2.87. The molecule has 2 aromatic carbocycles. The van der Waals surface area contributed by atoms with Gasteiger partial charge in [-0.2, -0.15) is 0 Å². The van der Waals surface area contributed by atoms with Crippen molar-refractivity contribution in [1.29, 1.82) is 0 Å². The van der Waals surface area contributed by atoms with Gasteiger partial charge in [0.15, 0.2) is 0 Å². The van der Waals surface area contributed by atoms with Crippen LogP contribution in [-0.4, -0.2) is 22.6 Å². The Balaban J connectivity index is 1.81. The van der Waals surface area contributed by atoms with Gasteiger partial charge in [-0.1, -0.05) is 29.8 Å². The van der Waals surface area contributed by atoms with E-state index in [0.717, 1.165) is 22.7 Å². The maximum absolute atomic E-state index is 12.3. The zero-order valence-electron chi connectivity index (χ0n) is 13.6. The van der Waals surface area contributed by atoms with E-state index < -0.39 is 0 Å². The van der Waals surface area contributed by atoms with Crippen LogP contribution in [0.25, 0.3) is 5.69 Å². The number of aromatic nitrogens is 2. The molecule has 126 valence electrons. The van der Waals surface area contributed by atoms with Gasteiger partial charge in [0.2, 0.25) is 5.91 Å². The van der Waals surface area contributed by atoms with Crippen molar-refractivity contribution in [2.45, 2.75) is 12.3 Å². The van der Waals surface area contributed by atoms with E-state index in [-0.39, 0.29) is 11.8 Å². The normalized spacial score (nSPS) is 16.2. The third-order valence-corrected chi connectivity index (χ3v) is 4.59. The van der Waals surface area contributed by atoms with Crippen LogP contribution in [0.4, 0.5) is 5.82 Å². The number of halogens is 1. The van der Waals surface area contributed by atoms with Gasteiger partial charge in [-0.25, -0.2) is 4.98 Å². The summed E-state index contributed by atoms with van der Waals surface area (Å²) in [6.45, 7) is 0. The highest BCUT2D eigenvalue weighted by molar-refractivity contribution is 6.30. The molecule has 3 aromatic rings. The average molecular weight is 354 g/mol. The molecule has 1 amide bonds. The number of imidazole rings is 1. The Labute approximate surface area is 150 Å². The van der Waals surface area contributed by atoms with Gasteiger partial charge in [-0.05, 0) is 29.8 Å². The van der Waals surface area contributed by atoms with Crippen LogP contribution < -0.4 is 10.1 Å². The molecule has 0 saturated heterocycles. The minimum Gasteiger partial charge on any atom is -0.497 e. The van der Waals surface area contributed by atoms with E-state index in [1.54, 1.807) is 13.4 Å². The lowest BCUT2D eigenvalue weighted by atomic mass is 9.90. The van der Waals surface area contributed by atoms with Crippen LogP contribution in [0.3, 0.4) is 0 Å². The molecule has 1 aromatic heterocycles. The zero-order valence-corrected chi connectivity index (χ0v) is 14.3. The molecular weight excluding hydrogens is 338 g/mol. The van der Waals surface area contributed by atoms with Crippen molar-refractivity contribution >= 4 is 23.3 Å². The summed E-state index contributed by atoms with van der Waals surface area (Å²) >= 11 is 6.12. The van der Waals surface area contributed by atoms with Crippen LogP contribution in [0.5, 0.6) is 5.75 Å². The number of carbonyl (C=O) groups excluding carboxylic acids is 1. The van der Waals surface area contributed by atoms with E-state index in [2.05, 4.69) is 10.3 Å². The molecule has 2 heterocycles. The fraction of sp³-hybridized carbons (Fsp3) is 0.158. The van der Waals surface area contributed by atoms with Gasteiger partial charge in [0, 0.05) is 23.4 Å². The topological polar surface area (TPSA) is 56.1 Å². The Kier molecular flexibility index (Phi) is 3.93. The highest BCUT2D eigenvalue weighted by Gasteiger charge is 2.31. The average Bonchev–Trinajstić information content (AvgIpc) is 3.04. The van der Waals surface area contributed by atoms with Gasteiger partial charge < -0.3 is 10.1 Å². The second kappa shape index (κ2) is 6.26. The monoisotopic (exact) mass is 353 g/mol. The van der Waals surface area contributed by atoms with Crippen molar-refractivity contribution in [2.24, 2.45) is 0 Å². The summed E-state index contributed by atoms with van der Waals surface area (Å²) in [5, 5.41) is 3.60. The molecule has 0 spiro atoms. The largest absolute Gasteiger partial charge is 0.497 e. The van der Waals surface area contributed by atoms with E-state index in [4.69, 9.17) is 16.3 Å². The van der Waals surface area contributed by atoms with Gasteiger partial charge in [0.05, 0.1) is 18.5 Å². The lowest BCUT2D eigenvalue weighted by molar-refractivity contribution is -0.116. The van der Waals surface area contributed by atoms with Crippen LogP contribution >= 0.6 is 11.6 Å². The van der Waals surface area contributed by atoms with Crippen molar-refractivity contribution in [2.75, 3.05) is 12.4 Å². The molecule has 1 aliphatic rings. The third-order valence-electron chi connectivity index (χ3n) is 4.36. The van der Waals surface area contributed by atoms with Crippen LogP contribution in [0.2, 0.25) is 5.02 Å². The minimum absolute atomic E-state index is 0.0397. The first-order valence-electron chi connectivity index (χ1n) is 7.92. The van der Waals surface area contributed by atoms with Gasteiger partial charge in [-0.15, -0.1) is 0 Å². The Morgan fingerprint density at radius 2 is 2.08 bits per heavy atom. The molecule has 1 atom stereocenters. The molecule has 25 heavy (non-hydrogen) atoms. The van der Waals surface area contributed by atoms with Crippen LogP contribution in [-0.2, 0) is 4.79 Å². The van der Waals surface area contributed by atoms with E-state index in [1.807, 2.05) is 53.1 Å². The summed E-state index contributed by atoms with van der Waals surface area (Å²) in [5.41, 5.74) is 2.70. The summed E-state index contributed by atoms with van der Waals surface area (Å²) in [6.07, 6.45) is 2.07. The number of nitrogens with zero attached hydrogens (tertiary/aromatic N) is 2. The number of benzene rings is 2. The number of ether oxygens (including phenoxy) is 1. The maximum atomic E-state index is 12.3. The maximum Gasteiger partial charge on any atom is 0.226 e. The summed E-state index contributed by atoms with van der Waals surface area (Å²) < 4.78 is 7.15. The quantitative estimate of drug-likeness (QED) is 0.774. The van der Waals surface area contributed by atoms with Crippen LogP contribution in [0.1, 0.15) is 23.6 Å². The number of amides is 1. The number of hydrogen-bond acceptors (Lipinski definition) is 3. The van der Waals surface area contributed by atoms with Crippen molar-refractivity contribution in [3.63, 3.8) is 0 Å². The molecule has 0 bridgehead atoms. The van der Waals surface area contributed by atoms with Gasteiger partial charge >= 0.3 is 0 Å². The first kappa shape index (κ1) is 15.7. The van der Waals surface area contributed by atoms with Gasteiger partial charge in [0.25, 0.3) is 0 Å². The van der Waals surface area contributed by atoms with E-state index in [1.165, 1.54) is 0 Å². The molecule has 1 aliphatic heterocycles. The summed E-state index contributed by atoms with van der Waals surface area (Å²) in [7, 11) is 1.62. The number of fused-ring (bicyclic) bond motifs is 1. The predicted molar refractivity (Wildman–Crippen MR) is 96.7 cm³/mol. The molecule has 0 saturated carbocycles. The first-order chi connectivity index (χ1) is 12.2. The molecule has 5 nitrogen and oxygen atoms in total. The lowest BCUT2D eigenvalue weighted by Gasteiger charge is -2.23. The fourth-order valence-electron chi connectivity index (χ4n) is 3.16. The lowest BCUT2D eigenvalue weighted by Crippen LogP contribution is -2.24. The van der Waals surface area contributed by atoms with E-state index in [0.29, 0.717) is 17.3 Å².